The lowest BCUT2D eigenvalue weighted by Crippen LogP contribution is -2.52. The summed E-state index contributed by atoms with van der Waals surface area (Å²) in [6.45, 7) is 5.67. The van der Waals surface area contributed by atoms with Gasteiger partial charge in [0.2, 0.25) is 11.8 Å². The van der Waals surface area contributed by atoms with Gasteiger partial charge in [-0.25, -0.2) is 8.42 Å². The highest BCUT2D eigenvalue weighted by atomic mass is 35.5. The van der Waals surface area contributed by atoms with Gasteiger partial charge in [0, 0.05) is 13.1 Å². The summed E-state index contributed by atoms with van der Waals surface area (Å²) in [5.74, 6) is -0.797. The fraction of sp³-hybridized carbons (Fsp3) is 0.310. The lowest BCUT2D eigenvalue weighted by atomic mass is 10.1. The van der Waals surface area contributed by atoms with Crippen LogP contribution in [0.25, 0.3) is 0 Å². The summed E-state index contributed by atoms with van der Waals surface area (Å²) in [7, 11) is -4.15. The van der Waals surface area contributed by atoms with Gasteiger partial charge in [0.25, 0.3) is 10.0 Å². The zero-order chi connectivity index (χ0) is 27.7. The number of hydrogen-bond acceptors (Lipinski definition) is 4. The minimum absolute atomic E-state index is 0.0420. The van der Waals surface area contributed by atoms with Gasteiger partial charge in [-0.1, -0.05) is 78.7 Å². The topological polar surface area (TPSA) is 86.8 Å². The van der Waals surface area contributed by atoms with Crippen LogP contribution in [0.5, 0.6) is 0 Å². The fourth-order valence-corrected chi connectivity index (χ4v) is 5.69. The third-order valence-corrected chi connectivity index (χ3v) is 8.30. The molecule has 38 heavy (non-hydrogen) atoms. The first-order chi connectivity index (χ1) is 18.1. The van der Waals surface area contributed by atoms with Crippen molar-refractivity contribution in [2.24, 2.45) is 0 Å². The number of rotatable bonds is 12. The lowest BCUT2D eigenvalue weighted by Gasteiger charge is -2.32. The maximum atomic E-state index is 13.8. The molecule has 0 radical (unpaired) electrons. The molecule has 3 aromatic rings. The van der Waals surface area contributed by atoms with Crippen molar-refractivity contribution in [3.63, 3.8) is 0 Å². The number of amides is 2. The monoisotopic (exact) mass is 555 g/mol. The van der Waals surface area contributed by atoms with Gasteiger partial charge in [-0.15, -0.1) is 0 Å². The molecule has 1 N–H and O–H groups in total. The van der Waals surface area contributed by atoms with Crippen LogP contribution in [0.3, 0.4) is 0 Å². The van der Waals surface area contributed by atoms with E-state index in [1.54, 1.807) is 43.3 Å². The standard InChI is InChI=1S/C29H34ClN3O4S/c1-4-19-31-29(35)23(3)32(20-18-24-10-6-5-7-11-24)28(34)21-33(27-13-9-8-12-26(27)30)38(36,37)25-16-14-22(2)15-17-25/h5-17,23H,4,18-21H2,1-3H3,(H,31,35)/t23-/m0/s1. The van der Waals surface area contributed by atoms with E-state index in [0.29, 0.717) is 13.0 Å². The Morgan fingerprint density at radius 1 is 0.947 bits per heavy atom. The molecule has 0 saturated carbocycles. The minimum atomic E-state index is -4.15. The van der Waals surface area contributed by atoms with E-state index < -0.39 is 28.5 Å². The van der Waals surface area contributed by atoms with Gasteiger partial charge in [-0.3, -0.25) is 13.9 Å². The second-order valence-corrected chi connectivity index (χ2v) is 11.3. The molecule has 7 nitrogen and oxygen atoms in total. The molecular formula is C29H34ClN3O4S. The van der Waals surface area contributed by atoms with E-state index in [-0.39, 0.29) is 28.1 Å². The second kappa shape index (κ2) is 13.4. The molecule has 9 heteroatoms. The molecular weight excluding hydrogens is 522 g/mol. The van der Waals surface area contributed by atoms with Gasteiger partial charge < -0.3 is 10.2 Å². The van der Waals surface area contributed by atoms with Gasteiger partial charge >= 0.3 is 0 Å². The van der Waals surface area contributed by atoms with E-state index in [1.165, 1.54) is 17.0 Å². The van der Waals surface area contributed by atoms with Crippen LogP contribution in [0.1, 0.15) is 31.4 Å². The highest BCUT2D eigenvalue weighted by molar-refractivity contribution is 7.92. The summed E-state index contributed by atoms with van der Waals surface area (Å²) in [5.41, 5.74) is 2.10. The number of nitrogens with zero attached hydrogens (tertiary/aromatic N) is 2. The molecule has 0 unspecified atom stereocenters. The predicted octanol–water partition coefficient (Wildman–Crippen LogP) is 4.83. The van der Waals surface area contributed by atoms with Crippen LogP contribution >= 0.6 is 11.6 Å². The summed E-state index contributed by atoms with van der Waals surface area (Å²) in [4.78, 5) is 28.1. The average molecular weight is 556 g/mol. The number of carbonyl (C=O) groups is 2. The lowest BCUT2D eigenvalue weighted by molar-refractivity contribution is -0.138. The van der Waals surface area contributed by atoms with Crippen LogP contribution in [-0.2, 0) is 26.0 Å². The number of carbonyl (C=O) groups excluding carboxylic acids is 2. The Bertz CT molecular complexity index is 1330. The SMILES string of the molecule is CCCNC(=O)[C@H](C)N(CCc1ccccc1)C(=O)CN(c1ccccc1Cl)S(=O)(=O)c1ccc(C)cc1. The molecule has 0 heterocycles. The maximum absolute atomic E-state index is 13.8. The summed E-state index contributed by atoms with van der Waals surface area (Å²) in [5, 5.41) is 3.03. The first-order valence-corrected chi connectivity index (χ1v) is 14.4. The quantitative estimate of drug-likeness (QED) is 0.347. The van der Waals surface area contributed by atoms with E-state index in [2.05, 4.69) is 5.32 Å². The number of aryl methyl sites for hydroxylation is 1. The van der Waals surface area contributed by atoms with Crippen LogP contribution in [0.15, 0.2) is 83.8 Å². The Labute approximate surface area is 230 Å². The Morgan fingerprint density at radius 3 is 2.21 bits per heavy atom. The number of benzene rings is 3. The number of nitrogens with one attached hydrogen (secondary N) is 1. The number of sulfonamides is 1. The van der Waals surface area contributed by atoms with Crippen molar-refractivity contribution in [1.82, 2.24) is 10.2 Å². The molecule has 1 atom stereocenters. The number of halogens is 1. The molecule has 0 spiro atoms. The summed E-state index contributed by atoms with van der Waals surface area (Å²) in [6.07, 6.45) is 1.26. The molecule has 0 bridgehead atoms. The summed E-state index contributed by atoms with van der Waals surface area (Å²) in [6, 6.07) is 21.7. The maximum Gasteiger partial charge on any atom is 0.264 e. The third-order valence-electron chi connectivity index (χ3n) is 6.21. The van der Waals surface area contributed by atoms with Crippen LogP contribution in [0, 0.1) is 6.92 Å². The first kappa shape index (κ1) is 29.2. The van der Waals surface area contributed by atoms with E-state index in [9.17, 15) is 18.0 Å². The van der Waals surface area contributed by atoms with Crippen LogP contribution in [0.4, 0.5) is 5.69 Å². The fourth-order valence-electron chi connectivity index (χ4n) is 3.97. The van der Waals surface area contributed by atoms with Crippen molar-refractivity contribution in [2.45, 2.75) is 44.6 Å². The number of hydrogen-bond donors (Lipinski definition) is 1. The molecule has 202 valence electrons. The minimum Gasteiger partial charge on any atom is -0.354 e. The summed E-state index contributed by atoms with van der Waals surface area (Å²) < 4.78 is 28.6. The Hall–Kier alpha value is -3.36. The highest BCUT2D eigenvalue weighted by Gasteiger charge is 2.33. The van der Waals surface area contributed by atoms with Crippen molar-refractivity contribution < 1.29 is 18.0 Å². The number of anilines is 1. The molecule has 3 aromatic carbocycles. The van der Waals surface area contributed by atoms with E-state index >= 15 is 0 Å². The molecule has 0 aliphatic heterocycles. The summed E-state index contributed by atoms with van der Waals surface area (Å²) >= 11 is 6.42. The van der Waals surface area contributed by atoms with Crippen LogP contribution < -0.4 is 9.62 Å². The van der Waals surface area contributed by atoms with Gasteiger partial charge in [-0.2, -0.15) is 0 Å². The van der Waals surface area contributed by atoms with Gasteiger partial charge in [0.1, 0.15) is 12.6 Å². The first-order valence-electron chi connectivity index (χ1n) is 12.6. The highest BCUT2D eigenvalue weighted by Crippen LogP contribution is 2.30. The third kappa shape index (κ3) is 7.36. The molecule has 0 saturated heterocycles. The smallest absolute Gasteiger partial charge is 0.264 e. The van der Waals surface area contributed by atoms with Crippen molar-refractivity contribution in [1.29, 1.82) is 0 Å². The molecule has 0 aliphatic carbocycles. The molecule has 2 amide bonds. The van der Waals surface area contributed by atoms with Gasteiger partial charge in [0.15, 0.2) is 0 Å². The van der Waals surface area contributed by atoms with Crippen LogP contribution in [0.2, 0.25) is 5.02 Å². The van der Waals surface area contributed by atoms with Crippen molar-refractivity contribution in [2.75, 3.05) is 23.9 Å². The van der Waals surface area contributed by atoms with E-state index in [4.69, 9.17) is 11.6 Å². The van der Waals surface area contributed by atoms with Gasteiger partial charge in [-0.05, 0) is 56.5 Å². The molecule has 0 fully saturated rings. The van der Waals surface area contributed by atoms with Crippen molar-refractivity contribution in [3.05, 3.63) is 95.0 Å². The van der Waals surface area contributed by atoms with E-state index in [1.807, 2.05) is 44.2 Å². The largest absolute Gasteiger partial charge is 0.354 e. The number of para-hydroxylation sites is 1. The van der Waals surface area contributed by atoms with Crippen molar-refractivity contribution >= 4 is 39.1 Å². The van der Waals surface area contributed by atoms with Crippen LogP contribution in [-0.4, -0.2) is 50.8 Å². The Kier molecular flexibility index (Phi) is 10.3. The predicted molar refractivity (Wildman–Crippen MR) is 152 cm³/mol. The van der Waals surface area contributed by atoms with E-state index in [0.717, 1.165) is 21.9 Å². The Balaban J connectivity index is 1.97. The zero-order valence-electron chi connectivity index (χ0n) is 21.9. The Morgan fingerprint density at radius 2 is 1.58 bits per heavy atom. The second-order valence-electron chi connectivity index (χ2n) is 9.07. The molecule has 0 aliphatic rings. The zero-order valence-corrected chi connectivity index (χ0v) is 23.5. The normalized spacial score (nSPS) is 12.0. The molecule has 0 aromatic heterocycles. The molecule has 3 rings (SSSR count). The average Bonchev–Trinajstić information content (AvgIpc) is 2.91. The van der Waals surface area contributed by atoms with Crippen molar-refractivity contribution in [3.8, 4) is 0 Å². The van der Waals surface area contributed by atoms with Gasteiger partial charge in [0.05, 0.1) is 15.6 Å².